The van der Waals surface area contributed by atoms with Crippen molar-refractivity contribution in [1.29, 1.82) is 0 Å². The first-order valence-electron chi connectivity index (χ1n) is 8.52. The molecule has 1 aliphatic heterocycles. The number of amides is 2. The minimum atomic E-state index is -0.107. The number of benzene rings is 2. The summed E-state index contributed by atoms with van der Waals surface area (Å²) in [4.78, 5) is 25.6. The van der Waals surface area contributed by atoms with Crippen molar-refractivity contribution in [3.63, 3.8) is 0 Å². The molecule has 1 aliphatic rings. The molecule has 1 atom stereocenters. The summed E-state index contributed by atoms with van der Waals surface area (Å²) in [6.07, 6.45) is 1.66. The summed E-state index contributed by atoms with van der Waals surface area (Å²) in [5.41, 5.74) is 3.76. The van der Waals surface area contributed by atoms with Crippen LogP contribution in [-0.4, -0.2) is 23.6 Å². The van der Waals surface area contributed by atoms with Gasteiger partial charge < -0.3 is 10.6 Å². The Hall–Kier alpha value is -2.27. The lowest BCUT2D eigenvalue weighted by Crippen LogP contribution is -2.25. The second kappa shape index (κ2) is 7.74. The average molecular weight is 354 g/mol. The van der Waals surface area contributed by atoms with Gasteiger partial charge in [-0.1, -0.05) is 24.6 Å². The Morgan fingerprint density at radius 1 is 1.16 bits per heavy atom. The number of thioether (sulfide) groups is 1. The van der Waals surface area contributed by atoms with Crippen LogP contribution < -0.4 is 10.6 Å². The van der Waals surface area contributed by atoms with E-state index in [1.807, 2.05) is 6.92 Å². The quantitative estimate of drug-likeness (QED) is 0.859. The van der Waals surface area contributed by atoms with Gasteiger partial charge in [-0.2, -0.15) is 0 Å². The van der Waals surface area contributed by atoms with E-state index in [-0.39, 0.29) is 17.1 Å². The Morgan fingerprint density at radius 3 is 2.64 bits per heavy atom. The first kappa shape index (κ1) is 17.5. The Kier molecular flexibility index (Phi) is 5.43. The Bertz CT molecular complexity index is 787. The van der Waals surface area contributed by atoms with Crippen LogP contribution in [0.5, 0.6) is 0 Å². The molecule has 25 heavy (non-hydrogen) atoms. The molecular formula is C20H22N2O2S. The van der Waals surface area contributed by atoms with E-state index in [1.165, 1.54) is 16.0 Å². The zero-order chi connectivity index (χ0) is 17.8. The van der Waals surface area contributed by atoms with Gasteiger partial charge in [-0.25, -0.2) is 0 Å². The van der Waals surface area contributed by atoms with Gasteiger partial charge in [0.1, 0.15) is 0 Å². The third-order valence-corrected chi connectivity index (χ3v) is 5.44. The van der Waals surface area contributed by atoms with Gasteiger partial charge in [-0.3, -0.25) is 9.59 Å². The number of rotatable bonds is 5. The van der Waals surface area contributed by atoms with Crippen LogP contribution in [0.3, 0.4) is 0 Å². The number of carbonyl (C=O) groups is 2. The topological polar surface area (TPSA) is 58.2 Å². The summed E-state index contributed by atoms with van der Waals surface area (Å²) in [5, 5.41) is 5.68. The fourth-order valence-corrected chi connectivity index (χ4v) is 4.04. The van der Waals surface area contributed by atoms with E-state index < -0.39 is 0 Å². The average Bonchev–Trinajstić information content (AvgIpc) is 3.03. The molecule has 0 saturated heterocycles. The van der Waals surface area contributed by atoms with Gasteiger partial charge in [0.25, 0.3) is 5.91 Å². The van der Waals surface area contributed by atoms with Crippen molar-refractivity contribution in [3.05, 3.63) is 59.2 Å². The van der Waals surface area contributed by atoms with Crippen LogP contribution in [0.2, 0.25) is 0 Å². The van der Waals surface area contributed by atoms with Gasteiger partial charge in [0, 0.05) is 22.7 Å². The lowest BCUT2D eigenvalue weighted by atomic mass is 10.1. The molecule has 3 rings (SSSR count). The standard InChI is InChI=1S/C20H22N2O2S/c1-3-10-21-19(23)14-6-8-16(9-7-14)22-20(24)18-12-15-5-4-13(2)11-17(15)25-18/h4-9,11,18H,3,10,12H2,1-2H3,(H,21,23)(H,22,24)/t18-/m1/s1. The second-order valence-electron chi connectivity index (χ2n) is 6.24. The minimum absolute atomic E-state index is 0.00189. The number of anilines is 1. The highest BCUT2D eigenvalue weighted by atomic mass is 32.2. The summed E-state index contributed by atoms with van der Waals surface area (Å²) >= 11 is 1.62. The summed E-state index contributed by atoms with van der Waals surface area (Å²) in [6.45, 7) is 4.74. The van der Waals surface area contributed by atoms with Crippen molar-refractivity contribution in [2.24, 2.45) is 0 Å². The van der Waals surface area contributed by atoms with Gasteiger partial charge in [0.05, 0.1) is 5.25 Å². The maximum absolute atomic E-state index is 12.5. The normalized spacial score (nSPS) is 15.5. The fraction of sp³-hybridized carbons (Fsp3) is 0.300. The first-order chi connectivity index (χ1) is 12.1. The van der Waals surface area contributed by atoms with Crippen molar-refractivity contribution in [1.82, 2.24) is 5.32 Å². The molecule has 1 heterocycles. The molecule has 0 bridgehead atoms. The number of carbonyl (C=O) groups excluding carboxylic acids is 2. The van der Waals surface area contributed by atoms with E-state index in [0.29, 0.717) is 17.8 Å². The van der Waals surface area contributed by atoms with E-state index in [2.05, 4.69) is 35.8 Å². The van der Waals surface area contributed by atoms with Gasteiger partial charge >= 0.3 is 0 Å². The highest BCUT2D eigenvalue weighted by Crippen LogP contribution is 2.38. The maximum atomic E-state index is 12.5. The van der Waals surface area contributed by atoms with Crippen LogP contribution in [0.4, 0.5) is 5.69 Å². The lowest BCUT2D eigenvalue weighted by Gasteiger charge is -2.10. The van der Waals surface area contributed by atoms with Gasteiger partial charge in [0.2, 0.25) is 5.91 Å². The zero-order valence-electron chi connectivity index (χ0n) is 14.5. The molecule has 0 unspecified atom stereocenters. The molecule has 0 aromatic heterocycles. The Labute approximate surface area is 152 Å². The largest absolute Gasteiger partial charge is 0.352 e. The van der Waals surface area contributed by atoms with Crippen LogP contribution in [-0.2, 0) is 11.2 Å². The summed E-state index contributed by atoms with van der Waals surface area (Å²) in [7, 11) is 0. The fourth-order valence-electron chi connectivity index (χ4n) is 2.75. The molecule has 0 saturated carbocycles. The summed E-state index contributed by atoms with van der Waals surface area (Å²) in [6, 6.07) is 13.3. The number of hydrogen-bond acceptors (Lipinski definition) is 3. The van der Waals surface area contributed by atoms with E-state index >= 15 is 0 Å². The molecule has 0 fully saturated rings. The van der Waals surface area contributed by atoms with Crippen molar-refractivity contribution < 1.29 is 9.59 Å². The molecule has 2 amide bonds. The molecule has 0 spiro atoms. The van der Waals surface area contributed by atoms with Crippen LogP contribution in [0.25, 0.3) is 0 Å². The van der Waals surface area contributed by atoms with Crippen LogP contribution in [0, 0.1) is 6.92 Å². The first-order valence-corrected chi connectivity index (χ1v) is 9.40. The predicted molar refractivity (Wildman–Crippen MR) is 102 cm³/mol. The number of aryl methyl sites for hydroxylation is 1. The highest BCUT2D eigenvalue weighted by molar-refractivity contribution is 8.01. The lowest BCUT2D eigenvalue weighted by molar-refractivity contribution is -0.115. The van der Waals surface area contributed by atoms with E-state index in [4.69, 9.17) is 0 Å². The van der Waals surface area contributed by atoms with Crippen LogP contribution in [0.15, 0.2) is 47.4 Å². The number of nitrogens with one attached hydrogen (secondary N) is 2. The summed E-state index contributed by atoms with van der Waals surface area (Å²) in [5.74, 6) is -0.0843. The van der Waals surface area contributed by atoms with Crippen molar-refractivity contribution >= 4 is 29.3 Å². The van der Waals surface area contributed by atoms with Gasteiger partial charge in [-0.15, -0.1) is 11.8 Å². The van der Waals surface area contributed by atoms with Gasteiger partial charge in [0.15, 0.2) is 0 Å². The third-order valence-electron chi connectivity index (χ3n) is 4.14. The molecule has 2 aromatic rings. The van der Waals surface area contributed by atoms with Crippen molar-refractivity contribution in [2.45, 2.75) is 36.8 Å². The van der Waals surface area contributed by atoms with Crippen molar-refractivity contribution in [2.75, 3.05) is 11.9 Å². The molecule has 0 aliphatic carbocycles. The second-order valence-corrected chi connectivity index (χ2v) is 7.49. The van der Waals surface area contributed by atoms with Crippen molar-refractivity contribution in [3.8, 4) is 0 Å². The molecule has 2 aromatic carbocycles. The number of fused-ring (bicyclic) bond motifs is 1. The highest BCUT2D eigenvalue weighted by Gasteiger charge is 2.28. The molecule has 4 nitrogen and oxygen atoms in total. The third kappa shape index (κ3) is 4.23. The SMILES string of the molecule is CCCNC(=O)c1ccc(NC(=O)[C@H]2Cc3ccc(C)cc3S2)cc1. The minimum Gasteiger partial charge on any atom is -0.352 e. The maximum Gasteiger partial charge on any atom is 0.251 e. The smallest absolute Gasteiger partial charge is 0.251 e. The van der Waals surface area contributed by atoms with E-state index in [9.17, 15) is 9.59 Å². The summed E-state index contributed by atoms with van der Waals surface area (Å²) < 4.78 is 0. The van der Waals surface area contributed by atoms with Gasteiger partial charge in [-0.05, 0) is 55.7 Å². The number of hydrogen-bond donors (Lipinski definition) is 2. The molecule has 130 valence electrons. The Morgan fingerprint density at radius 2 is 1.92 bits per heavy atom. The molecule has 2 N–H and O–H groups in total. The predicted octanol–water partition coefficient (Wildman–Crippen LogP) is 3.79. The molecule has 5 heteroatoms. The monoisotopic (exact) mass is 354 g/mol. The van der Waals surface area contributed by atoms with Crippen LogP contribution in [0.1, 0.15) is 34.8 Å². The van der Waals surface area contributed by atoms with E-state index in [0.717, 1.165) is 12.8 Å². The molecular weight excluding hydrogens is 332 g/mol. The zero-order valence-corrected chi connectivity index (χ0v) is 15.3. The Balaban J connectivity index is 1.59. The van der Waals surface area contributed by atoms with Crippen LogP contribution >= 0.6 is 11.8 Å². The van der Waals surface area contributed by atoms with E-state index in [1.54, 1.807) is 36.0 Å². The molecule has 0 radical (unpaired) electrons.